The number of rotatable bonds is 5. The fourth-order valence-electron chi connectivity index (χ4n) is 2.15. The van der Waals surface area contributed by atoms with Gasteiger partial charge < -0.3 is 15.2 Å². The van der Waals surface area contributed by atoms with Crippen molar-refractivity contribution < 1.29 is 9.84 Å². The molecule has 3 rings (SSSR count). The van der Waals surface area contributed by atoms with E-state index in [4.69, 9.17) is 4.74 Å². The number of aliphatic hydroxyl groups is 1. The molecule has 2 N–H and O–H groups in total. The standard InChI is InChI=1S/C14H15N3O2S/c1-19-13-12(17-6-7-20-14(17)16-13)8-15-11-5-3-2-4-10(11)9-18/h2-7,15,18H,8-9H2,1H3. The van der Waals surface area contributed by atoms with Crippen LogP contribution in [0.25, 0.3) is 4.96 Å². The van der Waals surface area contributed by atoms with Gasteiger partial charge in [-0.2, -0.15) is 4.98 Å². The first kappa shape index (κ1) is 13.0. The molecule has 0 unspecified atom stereocenters. The normalized spacial score (nSPS) is 10.9. The number of thiazole rings is 1. The van der Waals surface area contributed by atoms with Crippen LogP contribution in [0.4, 0.5) is 5.69 Å². The number of hydrogen-bond donors (Lipinski definition) is 2. The lowest BCUT2D eigenvalue weighted by molar-refractivity contribution is 0.282. The van der Waals surface area contributed by atoms with Gasteiger partial charge in [0.2, 0.25) is 5.88 Å². The van der Waals surface area contributed by atoms with Gasteiger partial charge >= 0.3 is 0 Å². The van der Waals surface area contributed by atoms with Crippen molar-refractivity contribution in [3.8, 4) is 5.88 Å². The smallest absolute Gasteiger partial charge is 0.238 e. The van der Waals surface area contributed by atoms with Crippen molar-refractivity contribution in [3.05, 3.63) is 47.1 Å². The second-order valence-corrected chi connectivity index (χ2v) is 5.17. The van der Waals surface area contributed by atoms with Crippen molar-refractivity contribution in [1.82, 2.24) is 9.38 Å². The van der Waals surface area contributed by atoms with Crippen LogP contribution in [0.2, 0.25) is 0 Å². The zero-order chi connectivity index (χ0) is 13.9. The average molecular weight is 289 g/mol. The number of aliphatic hydroxyl groups excluding tert-OH is 1. The Hall–Kier alpha value is -2.05. The summed E-state index contributed by atoms with van der Waals surface area (Å²) in [5.41, 5.74) is 2.76. The molecule has 2 aromatic heterocycles. The fourth-order valence-corrected chi connectivity index (χ4v) is 2.87. The molecule has 0 aliphatic carbocycles. The number of hydrogen-bond acceptors (Lipinski definition) is 5. The number of benzene rings is 1. The molecule has 0 bridgehead atoms. The third kappa shape index (κ3) is 2.23. The third-order valence-corrected chi connectivity index (χ3v) is 3.91. The van der Waals surface area contributed by atoms with E-state index in [9.17, 15) is 5.11 Å². The van der Waals surface area contributed by atoms with Gasteiger partial charge in [-0.05, 0) is 6.07 Å². The molecule has 3 aromatic rings. The summed E-state index contributed by atoms with van der Waals surface area (Å²) in [5.74, 6) is 0.630. The minimum Gasteiger partial charge on any atom is -0.480 e. The second kappa shape index (κ2) is 5.52. The summed E-state index contributed by atoms with van der Waals surface area (Å²) in [4.78, 5) is 5.33. The SMILES string of the molecule is COc1nc2sccn2c1CNc1ccccc1CO. The molecule has 0 radical (unpaired) electrons. The molecule has 0 amide bonds. The topological polar surface area (TPSA) is 58.8 Å². The predicted octanol–water partition coefficient (Wildman–Crippen LogP) is 2.51. The van der Waals surface area contributed by atoms with E-state index in [1.165, 1.54) is 0 Å². The summed E-state index contributed by atoms with van der Waals surface area (Å²) in [6, 6.07) is 7.70. The van der Waals surface area contributed by atoms with Crippen LogP contribution in [0, 0.1) is 0 Å². The fraction of sp³-hybridized carbons (Fsp3) is 0.214. The van der Waals surface area contributed by atoms with Crippen molar-refractivity contribution in [2.24, 2.45) is 0 Å². The highest BCUT2D eigenvalue weighted by molar-refractivity contribution is 7.15. The molecule has 1 aromatic carbocycles. The van der Waals surface area contributed by atoms with Gasteiger partial charge in [-0.1, -0.05) is 18.2 Å². The van der Waals surface area contributed by atoms with Crippen LogP contribution < -0.4 is 10.1 Å². The van der Waals surface area contributed by atoms with Crippen LogP contribution >= 0.6 is 11.3 Å². The number of methoxy groups -OCH3 is 1. The molecule has 0 aliphatic rings. The number of anilines is 1. The molecular formula is C14H15N3O2S. The van der Waals surface area contributed by atoms with Gasteiger partial charge in [0.05, 0.1) is 20.3 Å². The molecule has 2 heterocycles. The van der Waals surface area contributed by atoms with Gasteiger partial charge in [-0.3, -0.25) is 4.40 Å². The summed E-state index contributed by atoms with van der Waals surface area (Å²) < 4.78 is 7.33. The first-order valence-corrected chi connectivity index (χ1v) is 7.12. The van der Waals surface area contributed by atoms with E-state index in [-0.39, 0.29) is 6.61 Å². The van der Waals surface area contributed by atoms with Gasteiger partial charge in [0.25, 0.3) is 0 Å². The quantitative estimate of drug-likeness (QED) is 0.757. The molecular weight excluding hydrogens is 274 g/mol. The summed E-state index contributed by atoms with van der Waals surface area (Å²) in [5, 5.41) is 14.7. The molecule has 0 saturated heterocycles. The lowest BCUT2D eigenvalue weighted by Crippen LogP contribution is -2.05. The zero-order valence-electron chi connectivity index (χ0n) is 11.0. The molecule has 0 saturated carbocycles. The molecule has 20 heavy (non-hydrogen) atoms. The van der Waals surface area contributed by atoms with Crippen LogP contribution in [-0.4, -0.2) is 21.6 Å². The second-order valence-electron chi connectivity index (χ2n) is 4.29. The Balaban J connectivity index is 1.87. The number of para-hydroxylation sites is 1. The van der Waals surface area contributed by atoms with Gasteiger partial charge in [0.1, 0.15) is 5.69 Å². The number of nitrogens with one attached hydrogen (secondary N) is 1. The van der Waals surface area contributed by atoms with Crippen molar-refractivity contribution in [3.63, 3.8) is 0 Å². The molecule has 6 heteroatoms. The van der Waals surface area contributed by atoms with E-state index in [1.807, 2.05) is 40.2 Å². The minimum atomic E-state index is 0.0145. The van der Waals surface area contributed by atoms with E-state index >= 15 is 0 Å². The zero-order valence-corrected chi connectivity index (χ0v) is 11.9. The molecule has 0 aliphatic heterocycles. The van der Waals surface area contributed by atoms with Crippen LogP contribution in [0.15, 0.2) is 35.8 Å². The van der Waals surface area contributed by atoms with Crippen molar-refractivity contribution >= 4 is 22.0 Å². The Morgan fingerprint density at radius 1 is 1.40 bits per heavy atom. The summed E-state index contributed by atoms with van der Waals surface area (Å²) in [6.45, 7) is 0.596. The Bertz CT molecular complexity index is 720. The van der Waals surface area contributed by atoms with Crippen molar-refractivity contribution in [2.45, 2.75) is 13.2 Å². The predicted molar refractivity (Wildman–Crippen MR) is 79.3 cm³/mol. The maximum Gasteiger partial charge on any atom is 0.238 e. The Morgan fingerprint density at radius 3 is 3.05 bits per heavy atom. The lowest BCUT2D eigenvalue weighted by Gasteiger charge is -2.10. The van der Waals surface area contributed by atoms with E-state index in [1.54, 1.807) is 18.4 Å². The Labute approximate surface area is 120 Å². The largest absolute Gasteiger partial charge is 0.480 e. The number of aromatic nitrogens is 2. The minimum absolute atomic E-state index is 0.0145. The van der Waals surface area contributed by atoms with E-state index in [2.05, 4.69) is 10.3 Å². The van der Waals surface area contributed by atoms with Gasteiger partial charge in [0, 0.05) is 22.8 Å². The van der Waals surface area contributed by atoms with Crippen LogP contribution in [-0.2, 0) is 13.2 Å². The number of nitrogens with zero attached hydrogens (tertiary/aromatic N) is 2. The first-order chi connectivity index (χ1) is 9.83. The third-order valence-electron chi connectivity index (χ3n) is 3.15. The molecule has 5 nitrogen and oxygen atoms in total. The highest BCUT2D eigenvalue weighted by Crippen LogP contribution is 2.24. The summed E-state index contributed by atoms with van der Waals surface area (Å²) in [7, 11) is 1.62. The van der Waals surface area contributed by atoms with Crippen molar-refractivity contribution in [2.75, 3.05) is 12.4 Å². The van der Waals surface area contributed by atoms with Crippen LogP contribution in [0.1, 0.15) is 11.3 Å². The van der Waals surface area contributed by atoms with Gasteiger partial charge in [-0.15, -0.1) is 11.3 Å². The first-order valence-electron chi connectivity index (χ1n) is 6.24. The Kier molecular flexibility index (Phi) is 3.58. The van der Waals surface area contributed by atoms with Gasteiger partial charge in [-0.25, -0.2) is 0 Å². The molecule has 104 valence electrons. The maximum atomic E-state index is 9.33. The van der Waals surface area contributed by atoms with E-state index < -0.39 is 0 Å². The number of fused-ring (bicyclic) bond motifs is 1. The highest BCUT2D eigenvalue weighted by atomic mass is 32.1. The Morgan fingerprint density at radius 2 is 2.25 bits per heavy atom. The highest BCUT2D eigenvalue weighted by Gasteiger charge is 2.13. The van der Waals surface area contributed by atoms with E-state index in [0.717, 1.165) is 21.9 Å². The van der Waals surface area contributed by atoms with Crippen molar-refractivity contribution in [1.29, 1.82) is 0 Å². The summed E-state index contributed by atoms with van der Waals surface area (Å²) >= 11 is 1.57. The average Bonchev–Trinajstić information content (AvgIpc) is 3.06. The van der Waals surface area contributed by atoms with Crippen LogP contribution in [0.3, 0.4) is 0 Å². The number of imidazole rings is 1. The molecule has 0 spiro atoms. The van der Waals surface area contributed by atoms with Gasteiger partial charge in [0.15, 0.2) is 4.96 Å². The molecule has 0 atom stereocenters. The van der Waals surface area contributed by atoms with Crippen LogP contribution in [0.5, 0.6) is 5.88 Å². The molecule has 0 fully saturated rings. The lowest BCUT2D eigenvalue weighted by atomic mass is 10.2. The maximum absolute atomic E-state index is 9.33. The monoisotopic (exact) mass is 289 g/mol. The van der Waals surface area contributed by atoms with E-state index in [0.29, 0.717) is 12.4 Å². The number of ether oxygens (including phenoxy) is 1. The summed E-state index contributed by atoms with van der Waals surface area (Å²) in [6.07, 6.45) is 1.98.